The Kier molecular flexibility index (Phi) is 6.15. The molecule has 1 amide bonds. The lowest BCUT2D eigenvalue weighted by molar-refractivity contribution is 0.0943. The molecule has 0 bridgehead atoms. The molecule has 1 rings (SSSR count). The molecule has 1 aromatic rings. The average molecular weight is 301 g/mol. The van der Waals surface area contributed by atoms with Crippen LogP contribution in [0.2, 0.25) is 0 Å². The number of hydrogen-bond acceptors (Lipinski definition) is 3. The van der Waals surface area contributed by atoms with Crippen LogP contribution in [0.5, 0.6) is 0 Å². The van der Waals surface area contributed by atoms with Gasteiger partial charge in [0.15, 0.2) is 0 Å². The van der Waals surface area contributed by atoms with Gasteiger partial charge >= 0.3 is 0 Å². The summed E-state index contributed by atoms with van der Waals surface area (Å²) >= 11 is 3.22. The smallest absolute Gasteiger partial charge is 0.252 e. The predicted molar refractivity (Wildman–Crippen MR) is 69.8 cm³/mol. The van der Waals surface area contributed by atoms with Crippen molar-refractivity contribution in [3.8, 4) is 0 Å². The highest BCUT2D eigenvalue weighted by molar-refractivity contribution is 9.10. The number of aliphatic hydroxyl groups is 1. The van der Waals surface area contributed by atoms with Gasteiger partial charge in [-0.2, -0.15) is 0 Å². The van der Waals surface area contributed by atoms with Crippen LogP contribution in [-0.4, -0.2) is 29.1 Å². The molecule has 0 saturated carbocycles. The van der Waals surface area contributed by atoms with Crippen LogP contribution in [0.25, 0.3) is 0 Å². The van der Waals surface area contributed by atoms with Crippen LogP contribution in [0, 0.1) is 5.92 Å². The van der Waals surface area contributed by atoms with E-state index in [1.807, 2.05) is 6.92 Å². The van der Waals surface area contributed by atoms with E-state index < -0.39 is 0 Å². The summed E-state index contributed by atoms with van der Waals surface area (Å²) in [6.45, 7) is 2.80. The molecule has 0 fully saturated rings. The fourth-order valence-electron chi connectivity index (χ4n) is 1.48. The molecule has 1 heterocycles. The van der Waals surface area contributed by atoms with Crippen LogP contribution in [0.15, 0.2) is 22.9 Å². The minimum absolute atomic E-state index is 0.124. The number of aliphatic hydroxyl groups excluding tert-OH is 1. The topological polar surface area (TPSA) is 62.2 Å². The van der Waals surface area contributed by atoms with Gasteiger partial charge in [-0.3, -0.25) is 4.79 Å². The Morgan fingerprint density at radius 3 is 2.88 bits per heavy atom. The maximum atomic E-state index is 11.8. The van der Waals surface area contributed by atoms with Crippen LogP contribution in [0.1, 0.15) is 30.1 Å². The second-order valence-electron chi connectivity index (χ2n) is 3.87. The first-order chi connectivity index (χ1) is 8.17. The summed E-state index contributed by atoms with van der Waals surface area (Å²) in [5, 5.41) is 11.7. The highest BCUT2D eigenvalue weighted by Crippen LogP contribution is 2.08. The molecule has 94 valence electrons. The van der Waals surface area contributed by atoms with Gasteiger partial charge < -0.3 is 10.4 Å². The van der Waals surface area contributed by atoms with Crippen LogP contribution in [0.3, 0.4) is 0 Å². The van der Waals surface area contributed by atoms with Crippen LogP contribution < -0.4 is 5.32 Å². The third-order valence-corrected chi connectivity index (χ3v) is 3.12. The van der Waals surface area contributed by atoms with Crippen molar-refractivity contribution < 1.29 is 9.90 Å². The summed E-state index contributed by atoms with van der Waals surface area (Å²) in [4.78, 5) is 15.8. The Labute approximate surface area is 110 Å². The Morgan fingerprint density at radius 1 is 1.59 bits per heavy atom. The number of aromatic nitrogens is 1. The zero-order valence-corrected chi connectivity index (χ0v) is 11.4. The molecule has 0 saturated heterocycles. The fourth-order valence-corrected chi connectivity index (χ4v) is 1.72. The SMILES string of the molecule is CCC(CCO)CNC(=O)c1ccc(Br)nc1. The van der Waals surface area contributed by atoms with Gasteiger partial charge in [-0.25, -0.2) is 4.98 Å². The van der Waals surface area contributed by atoms with E-state index in [0.29, 0.717) is 22.6 Å². The van der Waals surface area contributed by atoms with Crippen molar-refractivity contribution in [2.45, 2.75) is 19.8 Å². The van der Waals surface area contributed by atoms with Crippen LogP contribution in [-0.2, 0) is 0 Å². The summed E-state index contributed by atoms with van der Waals surface area (Å²) in [6.07, 6.45) is 3.20. The van der Waals surface area contributed by atoms with Gasteiger partial charge in [0.2, 0.25) is 0 Å². The van der Waals surface area contributed by atoms with E-state index in [4.69, 9.17) is 5.11 Å². The van der Waals surface area contributed by atoms with Gasteiger partial charge in [0.1, 0.15) is 4.60 Å². The van der Waals surface area contributed by atoms with Crippen LogP contribution in [0.4, 0.5) is 0 Å². The van der Waals surface area contributed by atoms with Crippen molar-refractivity contribution in [1.29, 1.82) is 0 Å². The van der Waals surface area contributed by atoms with Crippen LogP contribution >= 0.6 is 15.9 Å². The standard InChI is InChI=1S/C12H17BrN2O2/c1-2-9(5-6-16)7-15-12(17)10-3-4-11(13)14-8-10/h3-4,8-9,16H,2,5-7H2,1H3,(H,15,17). The molecule has 1 atom stereocenters. The number of nitrogens with zero attached hydrogens (tertiary/aromatic N) is 1. The number of carbonyl (C=O) groups is 1. The molecule has 4 nitrogen and oxygen atoms in total. The molecule has 1 aromatic heterocycles. The number of halogens is 1. The number of pyridine rings is 1. The second kappa shape index (κ2) is 7.40. The molecule has 0 aliphatic heterocycles. The Morgan fingerprint density at radius 2 is 2.35 bits per heavy atom. The zero-order valence-electron chi connectivity index (χ0n) is 9.82. The van der Waals surface area contributed by atoms with E-state index in [2.05, 4.69) is 26.2 Å². The normalized spacial score (nSPS) is 12.2. The lowest BCUT2D eigenvalue weighted by Gasteiger charge is -2.14. The molecule has 0 radical (unpaired) electrons. The first-order valence-electron chi connectivity index (χ1n) is 5.68. The molecule has 0 aliphatic carbocycles. The largest absolute Gasteiger partial charge is 0.396 e. The molecule has 17 heavy (non-hydrogen) atoms. The van der Waals surface area contributed by atoms with Gasteiger partial charge in [0.25, 0.3) is 5.91 Å². The lowest BCUT2D eigenvalue weighted by atomic mass is 10.0. The summed E-state index contributed by atoms with van der Waals surface area (Å²) < 4.78 is 0.709. The van der Waals surface area contributed by atoms with Gasteiger partial charge in [0.05, 0.1) is 5.56 Å². The van der Waals surface area contributed by atoms with E-state index in [1.165, 1.54) is 6.20 Å². The van der Waals surface area contributed by atoms with Gasteiger partial charge in [-0.15, -0.1) is 0 Å². The third-order valence-electron chi connectivity index (χ3n) is 2.66. The highest BCUT2D eigenvalue weighted by atomic mass is 79.9. The van der Waals surface area contributed by atoms with Crippen molar-refractivity contribution in [3.63, 3.8) is 0 Å². The maximum Gasteiger partial charge on any atom is 0.252 e. The minimum atomic E-state index is -0.124. The molecule has 0 aromatic carbocycles. The molecule has 2 N–H and O–H groups in total. The molecular formula is C12H17BrN2O2. The first-order valence-corrected chi connectivity index (χ1v) is 6.47. The van der Waals surface area contributed by atoms with E-state index in [0.717, 1.165) is 12.8 Å². The molecule has 1 unspecified atom stereocenters. The summed E-state index contributed by atoms with van der Waals surface area (Å²) in [6, 6.07) is 3.46. The van der Waals surface area contributed by atoms with Crippen molar-refractivity contribution >= 4 is 21.8 Å². The number of carbonyl (C=O) groups excluding carboxylic acids is 1. The number of rotatable bonds is 6. The van der Waals surface area contributed by atoms with Crippen molar-refractivity contribution in [1.82, 2.24) is 10.3 Å². The summed E-state index contributed by atoms with van der Waals surface area (Å²) in [7, 11) is 0. The van der Waals surface area contributed by atoms with Crippen molar-refractivity contribution in [2.24, 2.45) is 5.92 Å². The van der Waals surface area contributed by atoms with E-state index >= 15 is 0 Å². The minimum Gasteiger partial charge on any atom is -0.396 e. The second-order valence-corrected chi connectivity index (χ2v) is 4.68. The highest BCUT2D eigenvalue weighted by Gasteiger charge is 2.09. The van der Waals surface area contributed by atoms with Crippen molar-refractivity contribution in [2.75, 3.05) is 13.2 Å². The molecular weight excluding hydrogens is 284 g/mol. The Balaban J connectivity index is 2.46. The third kappa shape index (κ3) is 4.83. The summed E-state index contributed by atoms with van der Waals surface area (Å²) in [5.74, 6) is 0.203. The van der Waals surface area contributed by atoms with Crippen molar-refractivity contribution in [3.05, 3.63) is 28.5 Å². The van der Waals surface area contributed by atoms with E-state index in [9.17, 15) is 4.79 Å². The quantitative estimate of drug-likeness (QED) is 0.790. The monoisotopic (exact) mass is 300 g/mol. The van der Waals surface area contributed by atoms with Gasteiger partial charge in [0, 0.05) is 19.3 Å². The molecule has 0 spiro atoms. The van der Waals surface area contributed by atoms with Gasteiger partial charge in [-0.1, -0.05) is 13.3 Å². The van der Waals surface area contributed by atoms with E-state index in [-0.39, 0.29) is 12.5 Å². The zero-order chi connectivity index (χ0) is 12.7. The Hall–Kier alpha value is -0.940. The number of amides is 1. The number of nitrogens with one attached hydrogen (secondary N) is 1. The Bertz CT molecular complexity index is 354. The average Bonchev–Trinajstić information content (AvgIpc) is 2.35. The predicted octanol–water partition coefficient (Wildman–Crippen LogP) is 1.98. The molecule has 0 aliphatic rings. The number of hydrogen-bond donors (Lipinski definition) is 2. The van der Waals surface area contributed by atoms with Gasteiger partial charge in [-0.05, 0) is 40.4 Å². The molecule has 5 heteroatoms. The maximum absolute atomic E-state index is 11.8. The summed E-state index contributed by atoms with van der Waals surface area (Å²) in [5.41, 5.74) is 0.548. The van der Waals surface area contributed by atoms with E-state index in [1.54, 1.807) is 12.1 Å². The first kappa shape index (κ1) is 14.1. The lowest BCUT2D eigenvalue weighted by Crippen LogP contribution is -2.29. The fraction of sp³-hybridized carbons (Fsp3) is 0.500.